The van der Waals surface area contributed by atoms with Crippen molar-refractivity contribution in [2.75, 3.05) is 12.1 Å². The van der Waals surface area contributed by atoms with E-state index in [1.54, 1.807) is 18.3 Å². The fourth-order valence-electron chi connectivity index (χ4n) is 3.34. The molecule has 1 aliphatic rings. The van der Waals surface area contributed by atoms with Gasteiger partial charge in [-0.1, -0.05) is 30.3 Å². The zero-order valence-electron chi connectivity index (χ0n) is 14.3. The average molecular weight is 356 g/mol. The molecule has 0 amide bonds. The van der Waals surface area contributed by atoms with E-state index in [-0.39, 0.29) is 12.5 Å². The van der Waals surface area contributed by atoms with Gasteiger partial charge >= 0.3 is 0 Å². The molecule has 0 saturated carbocycles. The highest BCUT2D eigenvalue weighted by molar-refractivity contribution is 6.02. The minimum absolute atomic E-state index is 0.247. The van der Waals surface area contributed by atoms with E-state index in [0.29, 0.717) is 0 Å². The number of phenols is 1. The Morgan fingerprint density at radius 2 is 1.74 bits per heavy atom. The highest BCUT2D eigenvalue weighted by atomic mass is 16.7. The van der Waals surface area contributed by atoms with Crippen LogP contribution in [0.3, 0.4) is 0 Å². The van der Waals surface area contributed by atoms with E-state index in [9.17, 15) is 5.11 Å². The second-order valence-corrected chi connectivity index (χ2v) is 6.30. The summed E-state index contributed by atoms with van der Waals surface area (Å²) in [6.07, 6.45) is 1.78. The molecule has 0 saturated heterocycles. The number of rotatable bonds is 3. The van der Waals surface area contributed by atoms with Crippen molar-refractivity contribution in [3.8, 4) is 28.4 Å². The van der Waals surface area contributed by atoms with Gasteiger partial charge in [0.15, 0.2) is 11.5 Å². The molecule has 0 spiro atoms. The first-order valence-corrected chi connectivity index (χ1v) is 8.62. The number of aromatic hydroxyl groups is 1. The number of fused-ring (bicyclic) bond motifs is 2. The first-order valence-electron chi connectivity index (χ1n) is 8.62. The summed E-state index contributed by atoms with van der Waals surface area (Å²) in [4.78, 5) is 4.52. The molecule has 132 valence electrons. The van der Waals surface area contributed by atoms with Crippen molar-refractivity contribution in [1.29, 1.82) is 0 Å². The number of hydrogen-bond donors (Lipinski definition) is 2. The number of aromatic nitrogens is 1. The molecule has 27 heavy (non-hydrogen) atoms. The molecule has 1 aliphatic heterocycles. The minimum atomic E-state index is 0.247. The second-order valence-electron chi connectivity index (χ2n) is 6.30. The lowest BCUT2D eigenvalue weighted by Crippen LogP contribution is -1.95. The molecule has 5 nitrogen and oxygen atoms in total. The molecule has 0 radical (unpaired) electrons. The summed E-state index contributed by atoms with van der Waals surface area (Å²) in [6.45, 7) is 0.249. The molecule has 0 aliphatic carbocycles. The lowest BCUT2D eigenvalue weighted by molar-refractivity contribution is 0.174. The highest BCUT2D eigenvalue weighted by Gasteiger charge is 2.14. The summed E-state index contributed by atoms with van der Waals surface area (Å²) in [5.74, 6) is 2.48. The first kappa shape index (κ1) is 15.5. The maximum absolute atomic E-state index is 9.83. The van der Waals surface area contributed by atoms with Crippen molar-refractivity contribution in [3.63, 3.8) is 0 Å². The third-order valence-electron chi connectivity index (χ3n) is 4.60. The lowest BCUT2D eigenvalue weighted by atomic mass is 9.99. The predicted octanol–water partition coefficient (Wildman–Crippen LogP) is 5.08. The fourth-order valence-corrected chi connectivity index (χ4v) is 3.34. The van der Waals surface area contributed by atoms with Gasteiger partial charge in [-0.15, -0.1) is 0 Å². The van der Waals surface area contributed by atoms with Gasteiger partial charge in [-0.2, -0.15) is 0 Å². The van der Waals surface area contributed by atoms with Gasteiger partial charge in [-0.25, -0.2) is 4.98 Å². The van der Waals surface area contributed by atoms with Gasteiger partial charge in [0.05, 0.1) is 0 Å². The molecule has 0 atom stereocenters. The summed E-state index contributed by atoms with van der Waals surface area (Å²) in [5.41, 5.74) is 2.88. The van der Waals surface area contributed by atoms with Gasteiger partial charge in [0.1, 0.15) is 11.6 Å². The normalized spacial score (nSPS) is 12.3. The van der Waals surface area contributed by atoms with E-state index < -0.39 is 0 Å². The van der Waals surface area contributed by atoms with Crippen molar-refractivity contribution < 1.29 is 14.6 Å². The first-order chi connectivity index (χ1) is 13.3. The Labute approximate surface area is 155 Å². The highest BCUT2D eigenvalue weighted by Crippen LogP contribution is 2.37. The largest absolute Gasteiger partial charge is 0.508 e. The summed E-state index contributed by atoms with van der Waals surface area (Å²) >= 11 is 0. The maximum Gasteiger partial charge on any atom is 0.231 e. The maximum atomic E-state index is 9.83. The SMILES string of the molecule is Oc1cccc(-c2cccc3c(Nc4ccc5c(c4)OCO5)nccc23)c1. The Morgan fingerprint density at radius 3 is 2.67 bits per heavy atom. The number of nitrogens with one attached hydrogen (secondary N) is 1. The third-order valence-corrected chi connectivity index (χ3v) is 4.60. The van der Waals surface area contributed by atoms with Crippen molar-refractivity contribution in [1.82, 2.24) is 4.98 Å². The second kappa shape index (κ2) is 6.21. The smallest absolute Gasteiger partial charge is 0.231 e. The third kappa shape index (κ3) is 2.79. The molecule has 2 heterocycles. The van der Waals surface area contributed by atoms with Crippen LogP contribution in [0.25, 0.3) is 21.9 Å². The monoisotopic (exact) mass is 356 g/mol. The lowest BCUT2D eigenvalue weighted by Gasteiger charge is -2.12. The van der Waals surface area contributed by atoms with Crippen molar-refractivity contribution >= 4 is 22.3 Å². The van der Waals surface area contributed by atoms with Crippen molar-refractivity contribution in [2.24, 2.45) is 0 Å². The summed E-state index contributed by atoms with van der Waals surface area (Å²) in [5, 5.41) is 15.2. The van der Waals surface area contributed by atoms with E-state index in [2.05, 4.69) is 10.3 Å². The van der Waals surface area contributed by atoms with Crippen LogP contribution < -0.4 is 14.8 Å². The number of phenolic OH excluding ortho intramolecular Hbond substituents is 1. The van der Waals surface area contributed by atoms with Crippen LogP contribution in [-0.4, -0.2) is 16.9 Å². The van der Waals surface area contributed by atoms with E-state index in [1.165, 1.54) is 0 Å². The van der Waals surface area contributed by atoms with E-state index in [1.807, 2.05) is 54.6 Å². The topological polar surface area (TPSA) is 63.6 Å². The summed E-state index contributed by atoms with van der Waals surface area (Å²) < 4.78 is 10.8. The molecular formula is C22H16N2O3. The number of anilines is 2. The average Bonchev–Trinajstić information content (AvgIpc) is 3.16. The molecule has 2 N–H and O–H groups in total. The Hall–Kier alpha value is -3.73. The summed E-state index contributed by atoms with van der Waals surface area (Å²) in [7, 11) is 0. The number of hydrogen-bond acceptors (Lipinski definition) is 5. The number of benzene rings is 3. The van der Waals surface area contributed by atoms with Gasteiger partial charge in [-0.3, -0.25) is 0 Å². The molecule has 0 unspecified atom stereocenters. The quantitative estimate of drug-likeness (QED) is 0.536. The Balaban J connectivity index is 1.59. The van der Waals surface area contributed by atoms with Gasteiger partial charge in [0, 0.05) is 23.3 Å². The Morgan fingerprint density at radius 1 is 0.852 bits per heavy atom. The van der Waals surface area contributed by atoms with Crippen molar-refractivity contribution in [2.45, 2.75) is 0 Å². The Bertz CT molecular complexity index is 1160. The number of nitrogens with zero attached hydrogens (tertiary/aromatic N) is 1. The number of pyridine rings is 1. The molecule has 0 bridgehead atoms. The molecule has 0 fully saturated rings. The van der Waals surface area contributed by atoms with Crippen LogP contribution in [0.15, 0.2) is 72.9 Å². The van der Waals surface area contributed by atoms with E-state index in [4.69, 9.17) is 9.47 Å². The predicted molar refractivity (Wildman–Crippen MR) is 105 cm³/mol. The van der Waals surface area contributed by atoms with Gasteiger partial charge < -0.3 is 19.9 Å². The molecule has 5 rings (SSSR count). The van der Waals surface area contributed by atoms with Gasteiger partial charge in [-0.05, 0) is 46.8 Å². The minimum Gasteiger partial charge on any atom is -0.508 e. The van der Waals surface area contributed by atoms with Crippen LogP contribution in [0.4, 0.5) is 11.5 Å². The zero-order chi connectivity index (χ0) is 18.2. The molecule has 1 aromatic heterocycles. The van der Waals surface area contributed by atoms with E-state index >= 15 is 0 Å². The molecule has 5 heteroatoms. The van der Waals surface area contributed by atoms with Crippen LogP contribution in [0.5, 0.6) is 17.2 Å². The summed E-state index contributed by atoms with van der Waals surface area (Å²) in [6, 6.07) is 21.0. The van der Waals surface area contributed by atoms with Gasteiger partial charge in [0.2, 0.25) is 6.79 Å². The van der Waals surface area contributed by atoms with Crippen LogP contribution in [0.1, 0.15) is 0 Å². The van der Waals surface area contributed by atoms with Gasteiger partial charge in [0.25, 0.3) is 0 Å². The van der Waals surface area contributed by atoms with E-state index in [0.717, 1.165) is 44.9 Å². The molecule has 4 aromatic rings. The van der Waals surface area contributed by atoms with Crippen LogP contribution in [-0.2, 0) is 0 Å². The van der Waals surface area contributed by atoms with Crippen LogP contribution in [0.2, 0.25) is 0 Å². The van der Waals surface area contributed by atoms with Crippen LogP contribution >= 0.6 is 0 Å². The van der Waals surface area contributed by atoms with Crippen LogP contribution in [0, 0.1) is 0 Å². The fraction of sp³-hybridized carbons (Fsp3) is 0.0455. The van der Waals surface area contributed by atoms with Crippen molar-refractivity contribution in [3.05, 3.63) is 72.9 Å². The molecular weight excluding hydrogens is 340 g/mol. The zero-order valence-corrected chi connectivity index (χ0v) is 14.3. The standard InChI is InChI=1S/C22H16N2O3/c25-16-4-1-3-14(11-16)17-5-2-6-19-18(17)9-10-23-22(19)24-15-7-8-20-21(12-15)27-13-26-20/h1-12,25H,13H2,(H,23,24). The Kier molecular flexibility index (Phi) is 3.57. The number of ether oxygens (including phenoxy) is 2. The molecule has 3 aromatic carbocycles.